The van der Waals surface area contributed by atoms with E-state index < -0.39 is 9.84 Å². The molecule has 0 unspecified atom stereocenters. The third kappa shape index (κ3) is 3.48. The number of aliphatic hydroxyl groups excluding tert-OH is 1. The minimum atomic E-state index is -3.24. The van der Waals surface area contributed by atoms with E-state index in [0.717, 1.165) is 33.4 Å². The lowest BCUT2D eigenvalue weighted by molar-refractivity contribution is 0.406. The number of hydrogen-bond acceptors (Lipinski definition) is 3. The van der Waals surface area contributed by atoms with Crippen LogP contribution in [0.4, 0.5) is 4.39 Å². The van der Waals surface area contributed by atoms with Gasteiger partial charge in [0.2, 0.25) is 0 Å². The highest BCUT2D eigenvalue weighted by molar-refractivity contribution is 7.90. The summed E-state index contributed by atoms with van der Waals surface area (Å²) in [4.78, 5) is 0.262. The van der Waals surface area contributed by atoms with Crippen LogP contribution in [0, 0.1) is 5.82 Å². The standard InChI is InChI=1S/C21H19FO3S/c1-13(23)10-19-14(2)20(18-9-6-16(22)12-21(18)19)11-15-4-7-17(8-5-15)26(3,24)25/h4-9,11-12,23H,1,10H2,2-3H3/b20-11-. The Kier molecular flexibility index (Phi) is 4.59. The lowest BCUT2D eigenvalue weighted by Crippen LogP contribution is -1.96. The molecule has 26 heavy (non-hydrogen) atoms. The summed E-state index contributed by atoms with van der Waals surface area (Å²) < 4.78 is 36.9. The molecule has 0 saturated carbocycles. The van der Waals surface area contributed by atoms with Crippen LogP contribution in [0.2, 0.25) is 0 Å². The lowest BCUT2D eigenvalue weighted by Gasteiger charge is -2.05. The van der Waals surface area contributed by atoms with Crippen molar-refractivity contribution >= 4 is 27.1 Å². The van der Waals surface area contributed by atoms with E-state index in [9.17, 15) is 17.9 Å². The van der Waals surface area contributed by atoms with Crippen molar-refractivity contribution in [3.8, 4) is 0 Å². The van der Waals surface area contributed by atoms with Crippen molar-refractivity contribution in [1.82, 2.24) is 0 Å². The van der Waals surface area contributed by atoms with Crippen molar-refractivity contribution in [2.45, 2.75) is 18.2 Å². The molecule has 0 spiro atoms. The molecule has 1 N–H and O–H groups in total. The Labute approximate surface area is 152 Å². The second-order valence-corrected chi connectivity index (χ2v) is 8.45. The zero-order chi connectivity index (χ0) is 19.1. The molecule has 0 saturated heterocycles. The van der Waals surface area contributed by atoms with Gasteiger partial charge in [-0.2, -0.15) is 0 Å². The molecule has 3 nitrogen and oxygen atoms in total. The highest BCUT2D eigenvalue weighted by atomic mass is 32.2. The van der Waals surface area contributed by atoms with E-state index in [1.54, 1.807) is 30.3 Å². The summed E-state index contributed by atoms with van der Waals surface area (Å²) in [5, 5.41) is 9.61. The van der Waals surface area contributed by atoms with Crippen molar-refractivity contribution < 1.29 is 17.9 Å². The molecule has 0 atom stereocenters. The minimum Gasteiger partial charge on any atom is -0.513 e. The number of halogens is 1. The third-order valence-corrected chi connectivity index (χ3v) is 5.58. The number of sulfone groups is 1. The van der Waals surface area contributed by atoms with Gasteiger partial charge < -0.3 is 5.11 Å². The highest BCUT2D eigenvalue weighted by Gasteiger charge is 2.24. The van der Waals surface area contributed by atoms with E-state index in [2.05, 4.69) is 6.58 Å². The van der Waals surface area contributed by atoms with Gasteiger partial charge in [-0.3, -0.25) is 0 Å². The summed E-state index contributed by atoms with van der Waals surface area (Å²) in [5.74, 6) is -0.315. The predicted octanol–water partition coefficient (Wildman–Crippen LogP) is 5.02. The molecule has 5 heteroatoms. The molecule has 0 radical (unpaired) electrons. The average molecular weight is 370 g/mol. The number of aliphatic hydroxyl groups is 1. The van der Waals surface area contributed by atoms with Crippen LogP contribution in [0.3, 0.4) is 0 Å². The molecule has 3 rings (SSSR count). The van der Waals surface area contributed by atoms with E-state index in [4.69, 9.17) is 0 Å². The number of fused-ring (bicyclic) bond motifs is 1. The normalized spacial score (nSPS) is 15.4. The number of rotatable bonds is 4. The van der Waals surface area contributed by atoms with Crippen molar-refractivity contribution in [3.05, 3.63) is 82.9 Å². The highest BCUT2D eigenvalue weighted by Crippen LogP contribution is 2.44. The molecule has 0 aromatic heterocycles. The zero-order valence-corrected chi connectivity index (χ0v) is 15.4. The summed E-state index contributed by atoms with van der Waals surface area (Å²) in [6.45, 7) is 5.46. The molecule has 2 aromatic carbocycles. The van der Waals surface area contributed by atoms with Gasteiger partial charge in [0.15, 0.2) is 9.84 Å². The molecule has 1 aliphatic carbocycles. The van der Waals surface area contributed by atoms with Gasteiger partial charge >= 0.3 is 0 Å². The second-order valence-electron chi connectivity index (χ2n) is 6.44. The molecule has 0 heterocycles. The van der Waals surface area contributed by atoms with Gasteiger partial charge in [-0.05, 0) is 70.7 Å². The molecule has 0 fully saturated rings. The van der Waals surface area contributed by atoms with Gasteiger partial charge in [0.1, 0.15) is 5.82 Å². The fourth-order valence-electron chi connectivity index (χ4n) is 3.16. The smallest absolute Gasteiger partial charge is 0.175 e. The van der Waals surface area contributed by atoms with Crippen LogP contribution in [0.1, 0.15) is 30.0 Å². The topological polar surface area (TPSA) is 54.4 Å². The van der Waals surface area contributed by atoms with Crippen molar-refractivity contribution in [3.63, 3.8) is 0 Å². The van der Waals surface area contributed by atoms with E-state index >= 15 is 0 Å². The molecule has 0 bridgehead atoms. The summed E-state index contributed by atoms with van der Waals surface area (Å²) in [5.41, 5.74) is 5.16. The first kappa shape index (κ1) is 18.1. The predicted molar refractivity (Wildman–Crippen MR) is 103 cm³/mol. The van der Waals surface area contributed by atoms with Gasteiger partial charge in [0.05, 0.1) is 10.7 Å². The van der Waals surface area contributed by atoms with Crippen LogP contribution in [-0.2, 0) is 9.84 Å². The summed E-state index contributed by atoms with van der Waals surface area (Å²) in [6.07, 6.45) is 3.36. The van der Waals surface area contributed by atoms with Crippen LogP contribution >= 0.6 is 0 Å². The maximum Gasteiger partial charge on any atom is 0.175 e. The van der Waals surface area contributed by atoms with Gasteiger partial charge in [-0.25, -0.2) is 12.8 Å². The Balaban J connectivity index is 2.11. The molecule has 1 aliphatic rings. The quantitative estimate of drug-likeness (QED) is 0.769. The molecule has 0 amide bonds. The fourth-order valence-corrected chi connectivity index (χ4v) is 3.79. The van der Waals surface area contributed by atoms with E-state index in [0.29, 0.717) is 0 Å². The second kappa shape index (κ2) is 6.57. The van der Waals surface area contributed by atoms with Gasteiger partial charge in [-0.15, -0.1) is 0 Å². The number of benzene rings is 2. The Morgan fingerprint density at radius 3 is 2.38 bits per heavy atom. The largest absolute Gasteiger partial charge is 0.513 e. The van der Waals surface area contributed by atoms with Crippen molar-refractivity contribution in [2.24, 2.45) is 0 Å². The zero-order valence-electron chi connectivity index (χ0n) is 14.6. The first-order chi connectivity index (χ1) is 12.2. The van der Waals surface area contributed by atoms with E-state index in [1.807, 2.05) is 13.0 Å². The SMILES string of the molecule is C=C(O)CC1=C(C)/C(=C/c2ccc(S(C)(=O)=O)cc2)c2ccc(F)cc21. The lowest BCUT2D eigenvalue weighted by atomic mass is 10.0. The third-order valence-electron chi connectivity index (χ3n) is 4.45. The molecular weight excluding hydrogens is 351 g/mol. The van der Waals surface area contributed by atoms with Crippen LogP contribution in [0.5, 0.6) is 0 Å². The van der Waals surface area contributed by atoms with Gasteiger partial charge in [0.25, 0.3) is 0 Å². The maximum absolute atomic E-state index is 13.7. The number of allylic oxidation sites excluding steroid dienone is 3. The molecular formula is C21H19FO3S. The molecule has 0 aliphatic heterocycles. The van der Waals surface area contributed by atoms with Crippen LogP contribution < -0.4 is 0 Å². The first-order valence-electron chi connectivity index (χ1n) is 8.06. The Hall–Kier alpha value is -2.66. The van der Waals surface area contributed by atoms with Gasteiger partial charge in [-0.1, -0.05) is 24.8 Å². The summed E-state index contributed by atoms with van der Waals surface area (Å²) in [7, 11) is -3.24. The van der Waals surface area contributed by atoms with Crippen molar-refractivity contribution in [1.29, 1.82) is 0 Å². The van der Waals surface area contributed by atoms with Crippen molar-refractivity contribution in [2.75, 3.05) is 6.26 Å². The summed E-state index contributed by atoms with van der Waals surface area (Å²) >= 11 is 0. The monoisotopic (exact) mass is 370 g/mol. The fraction of sp³-hybridized carbons (Fsp3) is 0.143. The van der Waals surface area contributed by atoms with E-state index in [1.165, 1.54) is 18.4 Å². The average Bonchev–Trinajstić information content (AvgIpc) is 2.79. The van der Waals surface area contributed by atoms with Gasteiger partial charge in [0, 0.05) is 12.7 Å². The first-order valence-corrected chi connectivity index (χ1v) is 9.95. The Morgan fingerprint density at radius 2 is 1.81 bits per heavy atom. The van der Waals surface area contributed by atoms with Crippen LogP contribution in [0.15, 0.2) is 65.3 Å². The Morgan fingerprint density at radius 1 is 1.15 bits per heavy atom. The van der Waals surface area contributed by atoms with Crippen LogP contribution in [-0.4, -0.2) is 19.8 Å². The summed E-state index contributed by atoms with van der Waals surface area (Å²) in [6, 6.07) is 11.2. The van der Waals surface area contributed by atoms with E-state index in [-0.39, 0.29) is 22.9 Å². The number of hydrogen-bond donors (Lipinski definition) is 1. The minimum absolute atomic E-state index is 0.0216. The molecule has 134 valence electrons. The van der Waals surface area contributed by atoms with Crippen LogP contribution in [0.25, 0.3) is 17.2 Å². The molecule has 2 aromatic rings. The maximum atomic E-state index is 13.7. The Bertz CT molecular complexity index is 1060.